The molecular formula is C18H31NO2. The quantitative estimate of drug-likeness (QED) is 0.485. The van der Waals surface area contributed by atoms with E-state index in [-0.39, 0.29) is 12.5 Å². The number of allylic oxidation sites excluding steroid dienone is 5. The molecule has 3 nitrogen and oxygen atoms in total. The lowest BCUT2D eigenvalue weighted by atomic mass is 10.1. The highest BCUT2D eigenvalue weighted by Crippen LogP contribution is 2.11. The lowest BCUT2D eigenvalue weighted by Gasteiger charge is -2.03. The highest BCUT2D eigenvalue weighted by Gasteiger charge is 1.98. The maximum absolute atomic E-state index is 11.1. The van der Waals surface area contributed by atoms with Crippen LogP contribution in [0.15, 0.2) is 34.9 Å². The molecule has 0 rings (SSSR count). The number of carbonyl (C=O) groups is 1. The van der Waals surface area contributed by atoms with E-state index in [1.807, 2.05) is 6.08 Å². The average molecular weight is 293 g/mol. The number of ether oxygens (including phenoxy) is 1. The van der Waals surface area contributed by atoms with E-state index in [1.54, 1.807) is 7.05 Å². The second-order valence-corrected chi connectivity index (χ2v) is 5.67. The Morgan fingerprint density at radius 3 is 2.10 bits per heavy atom. The van der Waals surface area contributed by atoms with E-state index in [1.165, 1.54) is 16.7 Å². The molecule has 0 aromatic rings. The summed E-state index contributed by atoms with van der Waals surface area (Å²) in [5.41, 5.74) is 4.09. The molecule has 0 aliphatic heterocycles. The van der Waals surface area contributed by atoms with Gasteiger partial charge in [0.05, 0.1) is 6.54 Å². The number of hydrogen-bond acceptors (Lipinski definition) is 3. The number of nitrogens with one attached hydrogen (secondary N) is 1. The molecule has 21 heavy (non-hydrogen) atoms. The molecule has 0 aliphatic carbocycles. The summed E-state index contributed by atoms with van der Waals surface area (Å²) >= 11 is 0. The predicted molar refractivity (Wildman–Crippen MR) is 90.3 cm³/mol. The van der Waals surface area contributed by atoms with Gasteiger partial charge in [-0.3, -0.25) is 4.79 Å². The van der Waals surface area contributed by atoms with Gasteiger partial charge in [0.1, 0.15) is 6.61 Å². The summed E-state index contributed by atoms with van der Waals surface area (Å²) < 4.78 is 5.06. The van der Waals surface area contributed by atoms with Gasteiger partial charge in [-0.15, -0.1) is 0 Å². The first-order valence-corrected chi connectivity index (χ1v) is 7.70. The monoisotopic (exact) mass is 293 g/mol. The van der Waals surface area contributed by atoms with Crippen molar-refractivity contribution in [3.8, 4) is 0 Å². The molecule has 0 radical (unpaired) electrons. The van der Waals surface area contributed by atoms with Crippen molar-refractivity contribution in [1.29, 1.82) is 0 Å². The summed E-state index contributed by atoms with van der Waals surface area (Å²) in [4.78, 5) is 11.1. The number of likely N-dealkylation sites (N-methyl/N-ethyl adjacent to an activating group) is 1. The van der Waals surface area contributed by atoms with Gasteiger partial charge in [-0.1, -0.05) is 28.9 Å². The van der Waals surface area contributed by atoms with Gasteiger partial charge in [0.2, 0.25) is 0 Å². The third-order valence-corrected chi connectivity index (χ3v) is 3.12. The van der Waals surface area contributed by atoms with Crippen LogP contribution in [0.5, 0.6) is 0 Å². The van der Waals surface area contributed by atoms with Crippen molar-refractivity contribution in [2.75, 3.05) is 20.2 Å². The Morgan fingerprint density at radius 1 is 0.952 bits per heavy atom. The van der Waals surface area contributed by atoms with E-state index in [9.17, 15) is 4.79 Å². The molecule has 0 amide bonds. The van der Waals surface area contributed by atoms with E-state index >= 15 is 0 Å². The predicted octanol–water partition coefficient (Wildman–Crippen LogP) is 4.17. The van der Waals surface area contributed by atoms with Gasteiger partial charge in [0, 0.05) is 0 Å². The summed E-state index contributed by atoms with van der Waals surface area (Å²) in [5.74, 6) is -0.212. The zero-order valence-electron chi connectivity index (χ0n) is 14.3. The van der Waals surface area contributed by atoms with E-state index in [0.29, 0.717) is 6.61 Å². The maximum atomic E-state index is 11.1. The van der Waals surface area contributed by atoms with Gasteiger partial charge in [-0.05, 0) is 66.5 Å². The molecule has 0 heterocycles. The van der Waals surface area contributed by atoms with Crippen molar-refractivity contribution in [2.45, 2.75) is 53.4 Å². The first kappa shape index (κ1) is 19.7. The van der Waals surface area contributed by atoms with Crippen LogP contribution in [0.25, 0.3) is 0 Å². The average Bonchev–Trinajstić information content (AvgIpc) is 2.38. The molecule has 0 saturated heterocycles. The molecule has 0 saturated carbocycles. The third-order valence-electron chi connectivity index (χ3n) is 3.12. The van der Waals surface area contributed by atoms with Gasteiger partial charge in [0.25, 0.3) is 0 Å². The van der Waals surface area contributed by atoms with Crippen LogP contribution in [0.4, 0.5) is 0 Å². The molecule has 0 atom stereocenters. The van der Waals surface area contributed by atoms with Gasteiger partial charge < -0.3 is 10.1 Å². The first-order valence-electron chi connectivity index (χ1n) is 7.70. The molecule has 0 spiro atoms. The van der Waals surface area contributed by atoms with E-state index in [2.05, 4.69) is 45.2 Å². The minimum absolute atomic E-state index is 0.212. The van der Waals surface area contributed by atoms with Crippen LogP contribution in [-0.4, -0.2) is 26.2 Å². The maximum Gasteiger partial charge on any atom is 0.320 e. The zero-order chi connectivity index (χ0) is 16.1. The van der Waals surface area contributed by atoms with Crippen molar-refractivity contribution in [3.05, 3.63) is 34.9 Å². The van der Waals surface area contributed by atoms with Crippen molar-refractivity contribution in [1.82, 2.24) is 5.32 Å². The van der Waals surface area contributed by atoms with Crippen molar-refractivity contribution < 1.29 is 9.53 Å². The van der Waals surface area contributed by atoms with E-state index in [0.717, 1.165) is 25.7 Å². The Hall–Kier alpha value is -1.35. The largest absolute Gasteiger partial charge is 0.460 e. The van der Waals surface area contributed by atoms with Crippen LogP contribution < -0.4 is 5.32 Å². The number of rotatable bonds is 10. The van der Waals surface area contributed by atoms with Crippen LogP contribution in [0.2, 0.25) is 0 Å². The Labute approximate surface area is 130 Å². The summed E-state index contributed by atoms with van der Waals surface area (Å²) in [6.07, 6.45) is 10.9. The Kier molecular flexibility index (Phi) is 11.6. The van der Waals surface area contributed by atoms with Gasteiger partial charge in [0.15, 0.2) is 0 Å². The minimum Gasteiger partial charge on any atom is -0.460 e. The topological polar surface area (TPSA) is 38.3 Å². The first-order chi connectivity index (χ1) is 9.95. The minimum atomic E-state index is -0.212. The third kappa shape index (κ3) is 13.4. The lowest BCUT2D eigenvalue weighted by Crippen LogP contribution is -2.20. The highest BCUT2D eigenvalue weighted by atomic mass is 16.5. The van der Waals surface area contributed by atoms with Crippen molar-refractivity contribution in [3.63, 3.8) is 0 Å². The van der Waals surface area contributed by atoms with Crippen LogP contribution in [0.1, 0.15) is 53.4 Å². The molecule has 0 aliphatic rings. The molecule has 0 aromatic heterocycles. The summed E-state index contributed by atoms with van der Waals surface area (Å²) in [7, 11) is 1.73. The van der Waals surface area contributed by atoms with Gasteiger partial charge in [-0.25, -0.2) is 0 Å². The molecule has 3 heteroatoms. The summed E-state index contributed by atoms with van der Waals surface area (Å²) in [6, 6.07) is 0. The SMILES string of the molecule is CNCC(=O)OC/C=C(\C)CC/C=C(\C)CCC=C(C)C. The molecule has 0 fully saturated rings. The molecule has 120 valence electrons. The van der Waals surface area contributed by atoms with Crippen molar-refractivity contribution in [2.24, 2.45) is 0 Å². The highest BCUT2D eigenvalue weighted by molar-refractivity contribution is 5.71. The van der Waals surface area contributed by atoms with Crippen LogP contribution in [0, 0.1) is 0 Å². The van der Waals surface area contributed by atoms with Crippen LogP contribution in [0.3, 0.4) is 0 Å². The zero-order valence-corrected chi connectivity index (χ0v) is 14.3. The van der Waals surface area contributed by atoms with Crippen molar-refractivity contribution >= 4 is 5.97 Å². The molecule has 0 unspecified atom stereocenters. The fraction of sp³-hybridized carbons (Fsp3) is 0.611. The number of esters is 1. The standard InChI is InChI=1S/C18H31NO2/c1-15(2)8-6-9-16(3)10-7-11-17(4)12-13-21-18(20)14-19-5/h8,10,12,19H,6-7,9,11,13-14H2,1-5H3/b16-10+,17-12+. The summed E-state index contributed by atoms with van der Waals surface area (Å²) in [5, 5.41) is 2.77. The Morgan fingerprint density at radius 2 is 1.52 bits per heavy atom. The lowest BCUT2D eigenvalue weighted by molar-refractivity contribution is -0.141. The van der Waals surface area contributed by atoms with Gasteiger partial charge >= 0.3 is 5.97 Å². The second-order valence-electron chi connectivity index (χ2n) is 5.67. The second kappa shape index (κ2) is 12.4. The van der Waals surface area contributed by atoms with Gasteiger partial charge in [-0.2, -0.15) is 0 Å². The van der Waals surface area contributed by atoms with E-state index < -0.39 is 0 Å². The number of carbonyl (C=O) groups excluding carboxylic acids is 1. The van der Waals surface area contributed by atoms with E-state index in [4.69, 9.17) is 4.74 Å². The smallest absolute Gasteiger partial charge is 0.320 e. The van der Waals surface area contributed by atoms with Crippen LogP contribution in [-0.2, 0) is 9.53 Å². The molecular weight excluding hydrogens is 262 g/mol. The molecule has 0 bridgehead atoms. The summed E-state index contributed by atoms with van der Waals surface area (Å²) in [6.45, 7) is 9.18. The molecule has 1 N–H and O–H groups in total. The van der Waals surface area contributed by atoms with Crippen LogP contribution >= 0.6 is 0 Å². The molecule has 0 aromatic carbocycles. The normalized spacial score (nSPS) is 12.2. The fourth-order valence-electron chi connectivity index (χ4n) is 1.81. The Balaban J connectivity index is 3.88. The fourth-order valence-corrected chi connectivity index (χ4v) is 1.81. The Bertz CT molecular complexity index is 388. The number of hydrogen-bond donors (Lipinski definition) is 1.